The van der Waals surface area contributed by atoms with Crippen molar-refractivity contribution in [2.24, 2.45) is 0 Å². The normalized spacial score (nSPS) is 14.1. The number of hydrogen-bond donors (Lipinski definition) is 0. The largest absolute Gasteiger partial charge is 0.0683 e. The molecule has 0 atom stereocenters. The Balaban J connectivity index is 0.000000531. The summed E-state index contributed by atoms with van der Waals surface area (Å²) in [7, 11) is 0. The first-order valence-electron chi connectivity index (χ1n) is 5.45. The molecule has 0 bridgehead atoms. The zero-order valence-corrected chi connectivity index (χ0v) is 9.06. The molecule has 1 aliphatic rings. The summed E-state index contributed by atoms with van der Waals surface area (Å²) in [6.07, 6.45) is 5.37. The summed E-state index contributed by atoms with van der Waals surface area (Å²) in [6.45, 7) is 6.18. The van der Waals surface area contributed by atoms with Gasteiger partial charge in [0, 0.05) is 1.43 Å². The van der Waals surface area contributed by atoms with Crippen molar-refractivity contribution in [3.05, 3.63) is 34.9 Å². The monoisotopic (exact) mass is 178 g/mol. The summed E-state index contributed by atoms with van der Waals surface area (Å²) in [5, 5.41) is 0. The Kier molecular flexibility index (Phi) is 4.01. The second kappa shape index (κ2) is 5.06. The Morgan fingerprint density at radius 2 is 1.62 bits per heavy atom. The molecule has 0 radical (unpaired) electrons. The van der Waals surface area contributed by atoms with Crippen molar-refractivity contribution >= 4 is 0 Å². The van der Waals surface area contributed by atoms with Gasteiger partial charge in [0.15, 0.2) is 0 Å². The van der Waals surface area contributed by atoms with Crippen LogP contribution in [0.5, 0.6) is 0 Å². The van der Waals surface area contributed by atoms with E-state index in [1.54, 1.807) is 11.1 Å². The summed E-state index contributed by atoms with van der Waals surface area (Å²) < 4.78 is 0. The molecular weight excluding hydrogens is 156 g/mol. The second-order valence-electron chi connectivity index (χ2n) is 3.48. The van der Waals surface area contributed by atoms with Crippen LogP contribution in [0.3, 0.4) is 0 Å². The van der Waals surface area contributed by atoms with Crippen LogP contribution < -0.4 is 0 Å². The zero-order valence-electron chi connectivity index (χ0n) is 9.06. The molecule has 0 aliphatic heterocycles. The minimum Gasteiger partial charge on any atom is -0.0683 e. The van der Waals surface area contributed by atoms with E-state index >= 15 is 0 Å². The predicted molar refractivity (Wildman–Crippen MR) is 61.3 cm³/mol. The molecule has 0 spiro atoms. The summed E-state index contributed by atoms with van der Waals surface area (Å²) in [5.41, 5.74) is 4.59. The van der Waals surface area contributed by atoms with Crippen LogP contribution in [-0.4, -0.2) is 0 Å². The topological polar surface area (TPSA) is 0 Å². The van der Waals surface area contributed by atoms with Crippen molar-refractivity contribution in [3.8, 4) is 0 Å². The quantitative estimate of drug-likeness (QED) is 0.560. The molecule has 1 aromatic rings. The van der Waals surface area contributed by atoms with E-state index in [0.29, 0.717) is 0 Å². The van der Waals surface area contributed by atoms with Crippen LogP contribution in [0.1, 0.15) is 44.8 Å². The lowest BCUT2D eigenvalue weighted by atomic mass is 9.91. The number of hydrogen-bond acceptors (Lipinski definition) is 0. The van der Waals surface area contributed by atoms with Gasteiger partial charge in [0.05, 0.1) is 0 Å². The molecule has 0 amide bonds. The molecule has 1 aromatic carbocycles. The highest BCUT2D eigenvalue weighted by Gasteiger charge is 2.07. The second-order valence-corrected chi connectivity index (χ2v) is 3.48. The molecule has 1 aliphatic carbocycles. The van der Waals surface area contributed by atoms with Gasteiger partial charge < -0.3 is 0 Å². The third-order valence-corrected chi connectivity index (χ3v) is 2.50. The Hall–Kier alpha value is -0.780. The molecule has 0 aromatic heterocycles. The lowest BCUT2D eigenvalue weighted by Crippen LogP contribution is -2.01. The van der Waals surface area contributed by atoms with Crippen molar-refractivity contribution in [1.29, 1.82) is 0 Å². The van der Waals surface area contributed by atoms with Crippen LogP contribution in [0.4, 0.5) is 0 Å². The fourth-order valence-electron chi connectivity index (χ4n) is 1.86. The average molecular weight is 178 g/mol. The van der Waals surface area contributed by atoms with E-state index in [0.717, 1.165) is 0 Å². The lowest BCUT2D eigenvalue weighted by molar-refractivity contribution is 0.685. The van der Waals surface area contributed by atoms with Crippen LogP contribution in [0, 0.1) is 6.92 Å². The van der Waals surface area contributed by atoms with Crippen molar-refractivity contribution < 1.29 is 1.43 Å². The maximum Gasteiger partial charge on any atom is 0 e. The van der Waals surface area contributed by atoms with Crippen molar-refractivity contribution in [2.75, 3.05) is 0 Å². The van der Waals surface area contributed by atoms with E-state index in [1.165, 1.54) is 31.2 Å². The summed E-state index contributed by atoms with van der Waals surface area (Å²) in [6, 6.07) is 6.86. The first-order valence-corrected chi connectivity index (χ1v) is 5.45. The number of rotatable bonds is 0. The lowest BCUT2D eigenvalue weighted by Gasteiger charge is -2.15. The Morgan fingerprint density at radius 1 is 1.00 bits per heavy atom. The molecule has 0 heteroatoms. The summed E-state index contributed by atoms with van der Waals surface area (Å²) in [4.78, 5) is 0. The van der Waals surface area contributed by atoms with Crippen molar-refractivity contribution in [1.82, 2.24) is 0 Å². The van der Waals surface area contributed by atoms with Gasteiger partial charge in [-0.2, -0.15) is 0 Å². The minimum atomic E-state index is 0. The molecule has 0 nitrogen and oxygen atoms in total. The average Bonchev–Trinajstić information content (AvgIpc) is 2.21. The fourth-order valence-corrected chi connectivity index (χ4v) is 1.86. The van der Waals surface area contributed by atoms with Gasteiger partial charge in [0.2, 0.25) is 0 Å². The molecule has 13 heavy (non-hydrogen) atoms. The van der Waals surface area contributed by atoms with E-state index in [1.807, 2.05) is 13.8 Å². The number of aryl methyl sites for hydroxylation is 3. The molecule has 0 saturated carbocycles. The molecule has 0 N–H and O–H groups in total. The zero-order chi connectivity index (χ0) is 9.68. The van der Waals surface area contributed by atoms with Gasteiger partial charge in [-0.1, -0.05) is 37.6 Å². The van der Waals surface area contributed by atoms with Crippen LogP contribution in [0.15, 0.2) is 18.2 Å². The highest BCUT2D eigenvalue weighted by atomic mass is 14.1. The maximum absolute atomic E-state index is 2.34. The highest BCUT2D eigenvalue weighted by Crippen LogP contribution is 2.21. The third-order valence-electron chi connectivity index (χ3n) is 2.50. The SMILES string of the molecule is CC.Cc1ccc2c(c1)CCCC2.[HH]. The molecule has 74 valence electrons. The van der Waals surface area contributed by atoms with Crippen LogP contribution in [-0.2, 0) is 12.8 Å². The van der Waals surface area contributed by atoms with Crippen LogP contribution in [0.25, 0.3) is 0 Å². The van der Waals surface area contributed by atoms with E-state index in [2.05, 4.69) is 25.1 Å². The van der Waals surface area contributed by atoms with E-state index in [9.17, 15) is 0 Å². The smallest absolute Gasteiger partial charge is 0 e. The molecule has 0 heterocycles. The van der Waals surface area contributed by atoms with Gasteiger partial charge >= 0.3 is 0 Å². The standard InChI is InChI=1S/C11H14.C2H6.H2/c1-9-6-7-10-4-2-3-5-11(10)8-9;1-2;/h6-8H,2-5H2,1H3;1-2H3;1H. The summed E-state index contributed by atoms with van der Waals surface area (Å²) >= 11 is 0. The highest BCUT2D eigenvalue weighted by molar-refractivity contribution is 5.32. The fraction of sp³-hybridized carbons (Fsp3) is 0.538. The van der Waals surface area contributed by atoms with Gasteiger partial charge in [-0.05, 0) is 43.7 Å². The van der Waals surface area contributed by atoms with E-state index in [-0.39, 0.29) is 1.43 Å². The molecular formula is C13H22. The Labute approximate surface area is 83.5 Å². The van der Waals surface area contributed by atoms with E-state index in [4.69, 9.17) is 0 Å². The first-order chi connectivity index (χ1) is 6.36. The molecule has 0 fully saturated rings. The Bertz CT molecular complexity index is 266. The molecule has 2 rings (SSSR count). The first kappa shape index (κ1) is 10.3. The van der Waals surface area contributed by atoms with Crippen LogP contribution >= 0.6 is 0 Å². The van der Waals surface area contributed by atoms with Gasteiger partial charge in [-0.15, -0.1) is 0 Å². The van der Waals surface area contributed by atoms with Gasteiger partial charge in [-0.25, -0.2) is 0 Å². The van der Waals surface area contributed by atoms with E-state index < -0.39 is 0 Å². The molecule has 0 unspecified atom stereocenters. The Morgan fingerprint density at radius 3 is 2.31 bits per heavy atom. The number of benzene rings is 1. The maximum atomic E-state index is 2.34. The van der Waals surface area contributed by atoms with Gasteiger partial charge in [0.25, 0.3) is 0 Å². The van der Waals surface area contributed by atoms with Crippen molar-refractivity contribution in [3.63, 3.8) is 0 Å². The van der Waals surface area contributed by atoms with Gasteiger partial charge in [-0.3, -0.25) is 0 Å². The third kappa shape index (κ3) is 2.58. The van der Waals surface area contributed by atoms with Crippen LogP contribution in [0.2, 0.25) is 0 Å². The minimum absolute atomic E-state index is 0. The summed E-state index contributed by atoms with van der Waals surface area (Å²) in [5.74, 6) is 0. The van der Waals surface area contributed by atoms with Crippen molar-refractivity contribution in [2.45, 2.75) is 46.5 Å². The number of fused-ring (bicyclic) bond motifs is 1. The van der Waals surface area contributed by atoms with Gasteiger partial charge in [0.1, 0.15) is 0 Å². The molecule has 0 saturated heterocycles. The predicted octanol–water partition coefficient (Wildman–Crippen LogP) is 4.15.